The van der Waals surface area contributed by atoms with Crippen LogP contribution in [0.4, 0.5) is 9.52 Å². The molecule has 0 amide bonds. The van der Waals surface area contributed by atoms with Crippen molar-refractivity contribution >= 4 is 26.3 Å². The van der Waals surface area contributed by atoms with Gasteiger partial charge in [0.15, 0.2) is 15.0 Å². The van der Waals surface area contributed by atoms with Gasteiger partial charge in [0, 0.05) is 24.0 Å². The molecule has 1 saturated heterocycles. The zero-order valence-electron chi connectivity index (χ0n) is 11.5. The number of hydrogen-bond acceptors (Lipinski definition) is 5. The number of rotatable bonds is 2. The van der Waals surface area contributed by atoms with Crippen LogP contribution in [0.1, 0.15) is 6.92 Å². The van der Waals surface area contributed by atoms with Crippen molar-refractivity contribution in [3.05, 3.63) is 35.5 Å². The van der Waals surface area contributed by atoms with Crippen LogP contribution in [0.3, 0.4) is 0 Å². The largest absolute Gasteiger partial charge is 0.346 e. The van der Waals surface area contributed by atoms with Gasteiger partial charge >= 0.3 is 0 Å². The van der Waals surface area contributed by atoms with Gasteiger partial charge in [-0.25, -0.2) is 17.8 Å². The van der Waals surface area contributed by atoms with Crippen molar-refractivity contribution in [2.75, 3.05) is 23.7 Å². The first-order valence-corrected chi connectivity index (χ1v) is 9.23. The maximum atomic E-state index is 12.9. The molecule has 112 valence electrons. The van der Waals surface area contributed by atoms with Gasteiger partial charge in [-0.3, -0.25) is 0 Å². The van der Waals surface area contributed by atoms with Gasteiger partial charge in [0.05, 0.1) is 16.7 Å². The lowest BCUT2D eigenvalue weighted by Crippen LogP contribution is -2.45. The molecular weight excluding hydrogens is 311 g/mol. The fraction of sp³-hybridized carbons (Fsp3) is 0.357. The average Bonchev–Trinajstić information content (AvgIpc) is 2.92. The highest BCUT2D eigenvalue weighted by Crippen LogP contribution is 2.29. The standard InChI is InChI=1S/C14H15FN2O2S2/c1-10-8-17(6-7-21(10,18)19)14-16-13(9-20-14)11-2-4-12(15)5-3-11/h2-5,9-10H,6-8H2,1H3. The fourth-order valence-electron chi connectivity index (χ4n) is 2.29. The number of anilines is 1. The normalized spacial score (nSPS) is 21.4. The summed E-state index contributed by atoms with van der Waals surface area (Å²) < 4.78 is 36.4. The van der Waals surface area contributed by atoms with E-state index in [0.717, 1.165) is 16.4 Å². The molecule has 0 spiro atoms. The van der Waals surface area contributed by atoms with Crippen molar-refractivity contribution in [1.29, 1.82) is 0 Å². The third-order valence-electron chi connectivity index (χ3n) is 3.64. The van der Waals surface area contributed by atoms with Gasteiger partial charge in [-0.05, 0) is 31.2 Å². The van der Waals surface area contributed by atoms with Crippen molar-refractivity contribution in [3.8, 4) is 11.3 Å². The molecule has 1 aliphatic heterocycles. The molecule has 2 aromatic rings. The van der Waals surface area contributed by atoms with Crippen molar-refractivity contribution in [2.24, 2.45) is 0 Å². The molecule has 0 N–H and O–H groups in total. The van der Waals surface area contributed by atoms with E-state index < -0.39 is 9.84 Å². The molecule has 1 fully saturated rings. The first-order chi connectivity index (χ1) is 9.95. The smallest absolute Gasteiger partial charge is 0.185 e. The van der Waals surface area contributed by atoms with Crippen LogP contribution in [0.5, 0.6) is 0 Å². The van der Waals surface area contributed by atoms with E-state index in [9.17, 15) is 12.8 Å². The van der Waals surface area contributed by atoms with E-state index in [1.165, 1.54) is 23.5 Å². The van der Waals surface area contributed by atoms with E-state index in [0.29, 0.717) is 13.1 Å². The Morgan fingerprint density at radius 2 is 2.05 bits per heavy atom. The Balaban J connectivity index is 1.81. The van der Waals surface area contributed by atoms with Crippen LogP contribution in [0.25, 0.3) is 11.3 Å². The predicted octanol–water partition coefficient (Wildman–Crippen LogP) is 2.57. The zero-order chi connectivity index (χ0) is 15.0. The third kappa shape index (κ3) is 2.94. The summed E-state index contributed by atoms with van der Waals surface area (Å²) in [5, 5.41) is 2.36. The van der Waals surface area contributed by atoms with E-state index in [2.05, 4.69) is 4.98 Å². The number of nitrogens with zero attached hydrogens (tertiary/aromatic N) is 2. The van der Waals surface area contributed by atoms with Crippen LogP contribution in [-0.2, 0) is 9.84 Å². The zero-order valence-corrected chi connectivity index (χ0v) is 13.1. The Labute approximate surface area is 127 Å². The molecule has 0 radical (unpaired) electrons. The van der Waals surface area contributed by atoms with Crippen LogP contribution < -0.4 is 4.90 Å². The second-order valence-electron chi connectivity index (χ2n) is 5.15. The Kier molecular flexibility index (Phi) is 3.71. The quantitative estimate of drug-likeness (QED) is 0.851. The highest BCUT2D eigenvalue weighted by atomic mass is 32.2. The minimum absolute atomic E-state index is 0.166. The van der Waals surface area contributed by atoms with Crippen LogP contribution in [0.2, 0.25) is 0 Å². The Morgan fingerprint density at radius 1 is 1.33 bits per heavy atom. The van der Waals surface area contributed by atoms with Crippen LogP contribution in [0.15, 0.2) is 29.6 Å². The SMILES string of the molecule is CC1CN(c2nc(-c3ccc(F)cc3)cs2)CCS1(=O)=O. The molecule has 7 heteroatoms. The summed E-state index contributed by atoms with van der Waals surface area (Å²) in [6.45, 7) is 2.68. The number of halogens is 1. The number of thiazole rings is 1. The lowest BCUT2D eigenvalue weighted by Gasteiger charge is -2.30. The van der Waals surface area contributed by atoms with Crippen LogP contribution in [0, 0.1) is 5.82 Å². The van der Waals surface area contributed by atoms with E-state index in [1.807, 2.05) is 10.3 Å². The van der Waals surface area contributed by atoms with Crippen molar-refractivity contribution in [1.82, 2.24) is 4.98 Å². The third-order valence-corrected chi connectivity index (χ3v) is 6.67. The van der Waals surface area contributed by atoms with Gasteiger partial charge < -0.3 is 4.90 Å². The molecule has 4 nitrogen and oxygen atoms in total. The molecule has 2 heterocycles. The van der Waals surface area contributed by atoms with Crippen LogP contribution >= 0.6 is 11.3 Å². The molecule has 21 heavy (non-hydrogen) atoms. The maximum Gasteiger partial charge on any atom is 0.185 e. The van der Waals surface area contributed by atoms with Gasteiger partial charge in [0.25, 0.3) is 0 Å². The number of benzene rings is 1. The van der Waals surface area contributed by atoms with Crippen molar-refractivity contribution < 1.29 is 12.8 Å². The maximum absolute atomic E-state index is 12.9. The summed E-state index contributed by atoms with van der Waals surface area (Å²) in [6.07, 6.45) is 0. The highest BCUT2D eigenvalue weighted by Gasteiger charge is 2.30. The monoisotopic (exact) mass is 326 g/mol. The minimum Gasteiger partial charge on any atom is -0.346 e. The highest BCUT2D eigenvalue weighted by molar-refractivity contribution is 7.92. The number of aromatic nitrogens is 1. The molecule has 0 aliphatic carbocycles. The molecule has 1 atom stereocenters. The fourth-order valence-corrected chi connectivity index (χ4v) is 4.45. The molecule has 0 bridgehead atoms. The topological polar surface area (TPSA) is 50.3 Å². The second kappa shape index (κ2) is 5.38. The van der Waals surface area contributed by atoms with Gasteiger partial charge in [-0.15, -0.1) is 11.3 Å². The van der Waals surface area contributed by atoms with E-state index in [-0.39, 0.29) is 16.8 Å². The number of sulfone groups is 1. The minimum atomic E-state index is -2.96. The molecule has 0 saturated carbocycles. The first-order valence-electron chi connectivity index (χ1n) is 6.64. The Bertz CT molecular complexity index is 741. The van der Waals surface area contributed by atoms with E-state index in [1.54, 1.807) is 19.1 Å². The summed E-state index contributed by atoms with van der Waals surface area (Å²) >= 11 is 1.48. The van der Waals surface area contributed by atoms with Gasteiger partial charge in [0.1, 0.15) is 5.82 Å². The molecular formula is C14H15FN2O2S2. The average molecular weight is 326 g/mol. The predicted molar refractivity (Wildman–Crippen MR) is 83.0 cm³/mol. The summed E-state index contributed by atoms with van der Waals surface area (Å²) in [6, 6.07) is 6.20. The molecule has 1 aliphatic rings. The van der Waals surface area contributed by atoms with Gasteiger partial charge in [-0.1, -0.05) is 0 Å². The molecule has 1 unspecified atom stereocenters. The molecule has 3 rings (SSSR count). The van der Waals surface area contributed by atoms with Gasteiger partial charge in [-0.2, -0.15) is 0 Å². The lowest BCUT2D eigenvalue weighted by molar-refractivity contribution is 0.569. The molecule has 1 aromatic heterocycles. The van der Waals surface area contributed by atoms with Crippen LogP contribution in [-0.4, -0.2) is 37.5 Å². The Hall–Kier alpha value is -1.47. The molecule has 1 aromatic carbocycles. The summed E-state index contributed by atoms with van der Waals surface area (Å²) in [5.74, 6) is -0.108. The number of hydrogen-bond donors (Lipinski definition) is 0. The summed E-state index contributed by atoms with van der Waals surface area (Å²) in [5.41, 5.74) is 1.65. The van der Waals surface area contributed by atoms with Crippen molar-refractivity contribution in [2.45, 2.75) is 12.2 Å². The van der Waals surface area contributed by atoms with E-state index >= 15 is 0 Å². The summed E-state index contributed by atoms with van der Waals surface area (Å²) in [4.78, 5) is 6.55. The second-order valence-corrected chi connectivity index (χ2v) is 8.52. The Morgan fingerprint density at radius 3 is 2.71 bits per heavy atom. The van der Waals surface area contributed by atoms with E-state index in [4.69, 9.17) is 0 Å². The van der Waals surface area contributed by atoms with Gasteiger partial charge in [0.2, 0.25) is 0 Å². The lowest BCUT2D eigenvalue weighted by atomic mass is 10.2. The first kappa shape index (κ1) is 14.5. The summed E-state index contributed by atoms with van der Waals surface area (Å²) in [7, 11) is -2.96. The van der Waals surface area contributed by atoms with Crippen molar-refractivity contribution in [3.63, 3.8) is 0 Å².